The van der Waals surface area contributed by atoms with Gasteiger partial charge >= 0.3 is 0 Å². The highest BCUT2D eigenvalue weighted by atomic mass is 16.2. The summed E-state index contributed by atoms with van der Waals surface area (Å²) in [5.74, 6) is 0.254. The quantitative estimate of drug-likeness (QED) is 0.605. The van der Waals surface area contributed by atoms with Gasteiger partial charge in [-0.2, -0.15) is 0 Å². The van der Waals surface area contributed by atoms with E-state index in [1.165, 1.54) is 37.7 Å². The summed E-state index contributed by atoms with van der Waals surface area (Å²) in [5.41, 5.74) is 8.84. The molecule has 1 aliphatic heterocycles. The second-order valence-corrected chi connectivity index (χ2v) is 5.70. The minimum Gasteiger partial charge on any atom is -0.399 e. The Bertz CT molecular complexity index is 456. The Morgan fingerprint density at radius 3 is 2.75 bits per heavy atom. The number of fused-ring (bicyclic) bond motifs is 1. The fourth-order valence-corrected chi connectivity index (χ4v) is 2.85. The lowest BCUT2D eigenvalue weighted by Crippen LogP contribution is -2.28. The van der Waals surface area contributed by atoms with E-state index in [9.17, 15) is 4.79 Å². The van der Waals surface area contributed by atoms with Crippen LogP contribution in [0.4, 0.5) is 11.4 Å². The number of carbonyl (C=O) groups excluding carboxylic acids is 1. The molecule has 1 amide bonds. The predicted octanol–water partition coefficient (Wildman–Crippen LogP) is 3.91. The first-order valence-corrected chi connectivity index (χ1v) is 7.91. The molecule has 0 aromatic heterocycles. The van der Waals surface area contributed by atoms with Crippen molar-refractivity contribution in [1.29, 1.82) is 0 Å². The maximum Gasteiger partial charge on any atom is 0.226 e. The summed E-state index contributed by atoms with van der Waals surface area (Å²) in [6, 6.07) is 5.89. The molecule has 0 unspecified atom stereocenters. The topological polar surface area (TPSA) is 46.3 Å². The molecule has 0 aliphatic carbocycles. The third kappa shape index (κ3) is 3.75. The van der Waals surface area contributed by atoms with Gasteiger partial charge in [-0.3, -0.25) is 4.79 Å². The van der Waals surface area contributed by atoms with Crippen LogP contribution in [0.2, 0.25) is 0 Å². The smallest absolute Gasteiger partial charge is 0.226 e. The third-order valence-corrected chi connectivity index (χ3v) is 4.05. The first-order chi connectivity index (χ1) is 9.72. The van der Waals surface area contributed by atoms with E-state index in [1.807, 2.05) is 23.1 Å². The van der Waals surface area contributed by atoms with E-state index < -0.39 is 0 Å². The molecule has 0 saturated heterocycles. The molecule has 1 aliphatic rings. The van der Waals surface area contributed by atoms with E-state index in [2.05, 4.69) is 6.92 Å². The molecule has 0 saturated carbocycles. The number of benzene rings is 1. The van der Waals surface area contributed by atoms with Crippen molar-refractivity contribution in [3.8, 4) is 0 Å². The Labute approximate surface area is 122 Å². The molecule has 3 nitrogen and oxygen atoms in total. The maximum atomic E-state index is 12.3. The maximum absolute atomic E-state index is 12.3. The zero-order valence-corrected chi connectivity index (χ0v) is 12.5. The highest BCUT2D eigenvalue weighted by Gasteiger charge is 2.23. The highest BCUT2D eigenvalue weighted by Crippen LogP contribution is 2.30. The number of rotatable bonds is 7. The van der Waals surface area contributed by atoms with Gasteiger partial charge in [0, 0.05) is 24.3 Å². The van der Waals surface area contributed by atoms with E-state index in [0.717, 1.165) is 30.8 Å². The molecule has 2 rings (SSSR count). The molecule has 2 N–H and O–H groups in total. The monoisotopic (exact) mass is 274 g/mol. The molecule has 0 fully saturated rings. The Morgan fingerprint density at radius 1 is 1.20 bits per heavy atom. The van der Waals surface area contributed by atoms with Crippen LogP contribution in [0.15, 0.2) is 18.2 Å². The molecule has 1 heterocycles. The fraction of sp³-hybridized carbons (Fsp3) is 0.588. The van der Waals surface area contributed by atoms with E-state index in [-0.39, 0.29) is 5.91 Å². The van der Waals surface area contributed by atoms with Gasteiger partial charge in [-0.1, -0.05) is 45.1 Å². The van der Waals surface area contributed by atoms with Gasteiger partial charge in [0.05, 0.1) is 0 Å². The van der Waals surface area contributed by atoms with E-state index in [1.54, 1.807) is 0 Å². The number of nitrogen functional groups attached to an aromatic ring is 1. The lowest BCUT2D eigenvalue weighted by molar-refractivity contribution is -0.118. The summed E-state index contributed by atoms with van der Waals surface area (Å²) in [4.78, 5) is 14.2. The Hall–Kier alpha value is -1.51. The fourth-order valence-electron chi connectivity index (χ4n) is 2.85. The van der Waals surface area contributed by atoms with Gasteiger partial charge < -0.3 is 10.6 Å². The number of amides is 1. The van der Waals surface area contributed by atoms with Crippen molar-refractivity contribution >= 4 is 17.3 Å². The largest absolute Gasteiger partial charge is 0.399 e. The third-order valence-electron chi connectivity index (χ3n) is 4.05. The van der Waals surface area contributed by atoms with Gasteiger partial charge in [0.15, 0.2) is 0 Å². The normalized spacial score (nSPS) is 13.6. The summed E-state index contributed by atoms with van der Waals surface area (Å²) in [6.07, 6.45) is 8.94. The van der Waals surface area contributed by atoms with Gasteiger partial charge in [-0.25, -0.2) is 0 Å². The minimum absolute atomic E-state index is 0.254. The Kier molecular flexibility index (Phi) is 5.45. The van der Waals surface area contributed by atoms with Crippen molar-refractivity contribution in [2.75, 3.05) is 17.2 Å². The SMILES string of the molecule is CCCCCCCCC(=O)N1CCc2ccc(N)cc21. The van der Waals surface area contributed by atoms with Gasteiger partial charge in [0.1, 0.15) is 0 Å². The predicted molar refractivity (Wildman–Crippen MR) is 84.9 cm³/mol. The van der Waals surface area contributed by atoms with E-state index >= 15 is 0 Å². The summed E-state index contributed by atoms with van der Waals surface area (Å²) in [6.45, 7) is 3.04. The number of hydrogen-bond acceptors (Lipinski definition) is 2. The van der Waals surface area contributed by atoms with Crippen molar-refractivity contribution in [2.45, 2.75) is 58.3 Å². The van der Waals surface area contributed by atoms with Crippen LogP contribution in [0.25, 0.3) is 0 Å². The van der Waals surface area contributed by atoms with Crippen molar-refractivity contribution < 1.29 is 4.79 Å². The molecule has 110 valence electrons. The van der Waals surface area contributed by atoms with Crippen LogP contribution in [0.1, 0.15) is 57.4 Å². The molecular weight excluding hydrogens is 248 g/mol. The second-order valence-electron chi connectivity index (χ2n) is 5.70. The number of nitrogens with two attached hydrogens (primary N) is 1. The van der Waals surface area contributed by atoms with Crippen molar-refractivity contribution in [3.63, 3.8) is 0 Å². The second kappa shape index (κ2) is 7.32. The lowest BCUT2D eigenvalue weighted by Gasteiger charge is -2.17. The van der Waals surface area contributed by atoms with Crippen LogP contribution in [0.3, 0.4) is 0 Å². The number of carbonyl (C=O) groups is 1. The molecule has 20 heavy (non-hydrogen) atoms. The van der Waals surface area contributed by atoms with Crippen LogP contribution in [0, 0.1) is 0 Å². The van der Waals surface area contributed by atoms with Crippen LogP contribution in [0.5, 0.6) is 0 Å². The zero-order chi connectivity index (χ0) is 14.4. The zero-order valence-electron chi connectivity index (χ0n) is 12.5. The molecule has 0 radical (unpaired) electrons. The highest BCUT2D eigenvalue weighted by molar-refractivity contribution is 5.95. The molecular formula is C17H26N2O. The van der Waals surface area contributed by atoms with Gasteiger partial charge in [0.25, 0.3) is 0 Å². The first-order valence-electron chi connectivity index (χ1n) is 7.91. The minimum atomic E-state index is 0.254. The standard InChI is InChI=1S/C17H26N2O/c1-2-3-4-5-6-7-8-17(20)19-12-11-14-9-10-15(18)13-16(14)19/h9-10,13H,2-8,11-12,18H2,1H3. The molecule has 0 bridgehead atoms. The first kappa shape index (κ1) is 14.9. The van der Waals surface area contributed by atoms with Gasteiger partial charge in [-0.15, -0.1) is 0 Å². The van der Waals surface area contributed by atoms with Crippen molar-refractivity contribution in [3.05, 3.63) is 23.8 Å². The number of anilines is 2. The Balaban J connectivity index is 1.79. The van der Waals surface area contributed by atoms with Gasteiger partial charge in [0.2, 0.25) is 5.91 Å². The average Bonchev–Trinajstić information content (AvgIpc) is 2.85. The summed E-state index contributed by atoms with van der Waals surface area (Å²) in [5, 5.41) is 0. The summed E-state index contributed by atoms with van der Waals surface area (Å²) >= 11 is 0. The average molecular weight is 274 g/mol. The van der Waals surface area contributed by atoms with Crippen molar-refractivity contribution in [2.24, 2.45) is 0 Å². The summed E-state index contributed by atoms with van der Waals surface area (Å²) < 4.78 is 0. The summed E-state index contributed by atoms with van der Waals surface area (Å²) in [7, 11) is 0. The van der Waals surface area contributed by atoms with E-state index in [0.29, 0.717) is 6.42 Å². The molecule has 1 aromatic carbocycles. The van der Waals surface area contributed by atoms with Crippen LogP contribution in [-0.4, -0.2) is 12.5 Å². The molecule has 0 spiro atoms. The molecule has 1 aromatic rings. The van der Waals surface area contributed by atoms with Gasteiger partial charge in [-0.05, 0) is 30.5 Å². The number of nitrogens with zero attached hydrogens (tertiary/aromatic N) is 1. The molecule has 0 atom stereocenters. The van der Waals surface area contributed by atoms with Crippen LogP contribution < -0.4 is 10.6 Å². The van der Waals surface area contributed by atoms with Crippen LogP contribution in [-0.2, 0) is 11.2 Å². The van der Waals surface area contributed by atoms with Crippen LogP contribution >= 0.6 is 0 Å². The van der Waals surface area contributed by atoms with Crippen molar-refractivity contribution in [1.82, 2.24) is 0 Å². The lowest BCUT2D eigenvalue weighted by atomic mass is 10.1. The number of hydrogen-bond donors (Lipinski definition) is 1. The Morgan fingerprint density at radius 2 is 1.95 bits per heavy atom. The number of unbranched alkanes of at least 4 members (excludes halogenated alkanes) is 5. The van der Waals surface area contributed by atoms with E-state index in [4.69, 9.17) is 5.73 Å². The molecule has 3 heteroatoms.